The van der Waals surface area contributed by atoms with Gasteiger partial charge in [0.2, 0.25) is 0 Å². The normalized spacial score (nSPS) is 10.9. The molecular weight excluding hydrogens is 473 g/mol. The van der Waals surface area contributed by atoms with Crippen LogP contribution in [0.25, 0.3) is 22.6 Å². The van der Waals surface area contributed by atoms with Crippen molar-refractivity contribution in [1.82, 2.24) is 9.97 Å². The fraction of sp³-hybridized carbons (Fsp3) is 0.0870. The molecule has 0 amide bonds. The van der Waals surface area contributed by atoms with Gasteiger partial charge in [-0.1, -0.05) is 22.0 Å². The second kappa shape index (κ2) is 8.85. The van der Waals surface area contributed by atoms with Crippen LogP contribution in [-0.2, 0) is 6.61 Å². The zero-order valence-electron chi connectivity index (χ0n) is 16.3. The summed E-state index contributed by atoms with van der Waals surface area (Å²) in [7, 11) is 1.51. The first-order valence-corrected chi connectivity index (χ1v) is 10.00. The minimum Gasteiger partial charge on any atom is -0.496 e. The van der Waals surface area contributed by atoms with Crippen LogP contribution in [0.15, 0.2) is 65.3 Å². The Morgan fingerprint density at radius 3 is 2.52 bits per heavy atom. The van der Waals surface area contributed by atoms with Gasteiger partial charge in [0.25, 0.3) is 0 Å². The lowest BCUT2D eigenvalue weighted by atomic mass is 10.1. The molecule has 8 heteroatoms. The third kappa shape index (κ3) is 4.59. The van der Waals surface area contributed by atoms with Crippen molar-refractivity contribution in [1.29, 1.82) is 0 Å². The highest BCUT2D eigenvalue weighted by Crippen LogP contribution is 2.34. The van der Waals surface area contributed by atoms with E-state index in [0.29, 0.717) is 44.2 Å². The number of ether oxygens (including phenoxy) is 2. The molecule has 0 aliphatic heterocycles. The summed E-state index contributed by atoms with van der Waals surface area (Å²) >= 11 is 3.22. The highest BCUT2D eigenvalue weighted by molar-refractivity contribution is 9.10. The molecule has 31 heavy (non-hydrogen) atoms. The van der Waals surface area contributed by atoms with E-state index in [1.54, 1.807) is 36.5 Å². The van der Waals surface area contributed by atoms with E-state index in [4.69, 9.17) is 9.47 Å². The highest BCUT2D eigenvalue weighted by atomic mass is 79.9. The Hall–Kier alpha value is -3.26. The molecule has 0 spiro atoms. The van der Waals surface area contributed by atoms with Gasteiger partial charge in [0.05, 0.1) is 12.8 Å². The molecule has 4 nitrogen and oxygen atoms in total. The van der Waals surface area contributed by atoms with Crippen LogP contribution in [0.3, 0.4) is 0 Å². The second-order valence-corrected chi connectivity index (χ2v) is 7.57. The van der Waals surface area contributed by atoms with Crippen LogP contribution in [0.4, 0.5) is 13.2 Å². The van der Waals surface area contributed by atoms with Crippen LogP contribution in [0.5, 0.6) is 11.5 Å². The molecule has 0 unspecified atom stereocenters. The molecule has 4 aromatic rings. The van der Waals surface area contributed by atoms with Gasteiger partial charge in [0.15, 0.2) is 11.6 Å². The molecule has 0 saturated heterocycles. The van der Waals surface area contributed by atoms with Crippen LogP contribution in [0.1, 0.15) is 5.56 Å². The van der Waals surface area contributed by atoms with Gasteiger partial charge >= 0.3 is 0 Å². The Morgan fingerprint density at radius 1 is 0.935 bits per heavy atom. The van der Waals surface area contributed by atoms with Crippen molar-refractivity contribution in [2.45, 2.75) is 6.61 Å². The van der Waals surface area contributed by atoms with E-state index in [0.717, 1.165) is 12.1 Å². The average molecular weight is 489 g/mol. The van der Waals surface area contributed by atoms with Crippen molar-refractivity contribution in [3.8, 4) is 34.1 Å². The van der Waals surface area contributed by atoms with Crippen LogP contribution in [0.2, 0.25) is 0 Å². The van der Waals surface area contributed by atoms with Crippen molar-refractivity contribution in [2.24, 2.45) is 0 Å². The van der Waals surface area contributed by atoms with Gasteiger partial charge < -0.3 is 14.5 Å². The molecule has 1 heterocycles. The molecule has 0 atom stereocenters. The van der Waals surface area contributed by atoms with E-state index < -0.39 is 11.6 Å². The largest absolute Gasteiger partial charge is 0.496 e. The summed E-state index contributed by atoms with van der Waals surface area (Å²) in [4.78, 5) is 7.41. The van der Waals surface area contributed by atoms with Gasteiger partial charge in [-0.25, -0.2) is 18.2 Å². The quantitative estimate of drug-likeness (QED) is 0.336. The maximum Gasteiger partial charge on any atom is 0.159 e. The zero-order valence-corrected chi connectivity index (χ0v) is 17.8. The molecule has 1 N–H and O–H groups in total. The Morgan fingerprint density at radius 2 is 1.77 bits per heavy atom. The zero-order chi connectivity index (χ0) is 22.0. The number of aromatic amines is 1. The van der Waals surface area contributed by atoms with Gasteiger partial charge in [-0.05, 0) is 42.5 Å². The van der Waals surface area contributed by atoms with Crippen LogP contribution in [-0.4, -0.2) is 17.1 Å². The molecule has 0 saturated carbocycles. The van der Waals surface area contributed by atoms with E-state index in [1.807, 2.05) is 0 Å². The third-order valence-electron chi connectivity index (χ3n) is 4.63. The molecular formula is C23H16BrF3N2O2. The number of benzene rings is 3. The number of methoxy groups -OCH3 is 1. The lowest BCUT2D eigenvalue weighted by Crippen LogP contribution is -1.99. The molecule has 158 valence electrons. The number of H-pyrrole nitrogens is 1. The Labute approximate surface area is 184 Å². The third-order valence-corrected chi connectivity index (χ3v) is 5.12. The SMILES string of the molecule is COc1cc(OCc2ccc(Br)cc2F)ccc1-c1c[nH]c(-c2ccc(F)c(F)c2)n1. The molecule has 1 aromatic heterocycles. The molecule has 0 radical (unpaired) electrons. The average Bonchev–Trinajstić information content (AvgIpc) is 3.25. The topological polar surface area (TPSA) is 47.1 Å². The predicted octanol–water partition coefficient (Wildman–Crippen LogP) is 6.51. The summed E-state index contributed by atoms with van der Waals surface area (Å²) in [6.45, 7) is 0.0598. The van der Waals surface area contributed by atoms with E-state index in [2.05, 4.69) is 25.9 Å². The van der Waals surface area contributed by atoms with Gasteiger partial charge in [-0.15, -0.1) is 0 Å². The summed E-state index contributed by atoms with van der Waals surface area (Å²) in [5.74, 6) is -0.842. The Balaban J connectivity index is 1.55. The monoisotopic (exact) mass is 488 g/mol. The summed E-state index contributed by atoms with van der Waals surface area (Å²) in [5.41, 5.74) is 2.08. The van der Waals surface area contributed by atoms with Crippen LogP contribution >= 0.6 is 15.9 Å². The molecule has 4 rings (SSSR count). The molecule has 0 bridgehead atoms. The number of rotatable bonds is 6. The summed E-state index contributed by atoms with van der Waals surface area (Å²) < 4.78 is 52.5. The van der Waals surface area contributed by atoms with Crippen molar-refractivity contribution in [3.05, 3.63) is 88.3 Å². The fourth-order valence-electron chi connectivity index (χ4n) is 3.02. The molecule has 0 aliphatic carbocycles. The van der Waals surface area contributed by atoms with E-state index in [-0.39, 0.29) is 12.4 Å². The number of aromatic nitrogens is 2. The minimum absolute atomic E-state index is 0.0598. The smallest absolute Gasteiger partial charge is 0.159 e. The summed E-state index contributed by atoms with van der Waals surface area (Å²) in [6, 6.07) is 13.5. The van der Waals surface area contributed by atoms with Crippen molar-refractivity contribution in [2.75, 3.05) is 7.11 Å². The maximum atomic E-state index is 14.0. The minimum atomic E-state index is -0.947. The fourth-order valence-corrected chi connectivity index (χ4v) is 3.36. The summed E-state index contributed by atoms with van der Waals surface area (Å²) in [5, 5.41) is 0. The van der Waals surface area contributed by atoms with Crippen LogP contribution in [0, 0.1) is 17.5 Å². The number of halogens is 4. The molecule has 0 aliphatic rings. The number of nitrogens with one attached hydrogen (secondary N) is 1. The first kappa shape index (κ1) is 21.0. The molecule has 0 fully saturated rings. The highest BCUT2D eigenvalue weighted by Gasteiger charge is 2.14. The first-order valence-electron chi connectivity index (χ1n) is 9.20. The molecule has 3 aromatic carbocycles. The summed E-state index contributed by atoms with van der Waals surface area (Å²) in [6.07, 6.45) is 1.65. The standard InChI is InChI=1S/C23H16BrF3N2O2/c1-30-22-10-16(31-12-14-2-4-15(24)9-19(14)26)5-6-17(22)21-11-28-23(29-21)13-3-7-18(25)20(27)8-13/h2-11H,12H2,1H3,(H,28,29). The van der Waals surface area contributed by atoms with Gasteiger partial charge in [0, 0.05) is 33.4 Å². The first-order chi connectivity index (χ1) is 14.9. The second-order valence-electron chi connectivity index (χ2n) is 6.65. The number of nitrogens with zero attached hydrogens (tertiary/aromatic N) is 1. The van der Waals surface area contributed by atoms with Crippen molar-refractivity contribution >= 4 is 15.9 Å². The Bertz CT molecular complexity index is 1240. The van der Waals surface area contributed by atoms with Crippen LogP contribution < -0.4 is 9.47 Å². The van der Waals surface area contributed by atoms with Gasteiger partial charge in [-0.3, -0.25) is 0 Å². The lowest BCUT2D eigenvalue weighted by molar-refractivity contribution is 0.297. The van der Waals surface area contributed by atoms with Crippen molar-refractivity contribution in [3.63, 3.8) is 0 Å². The number of hydrogen-bond donors (Lipinski definition) is 1. The number of hydrogen-bond acceptors (Lipinski definition) is 3. The van der Waals surface area contributed by atoms with Crippen molar-refractivity contribution < 1.29 is 22.6 Å². The predicted molar refractivity (Wildman–Crippen MR) is 114 cm³/mol. The maximum absolute atomic E-state index is 14.0. The number of imidazole rings is 1. The Kier molecular flexibility index (Phi) is 5.99. The lowest BCUT2D eigenvalue weighted by Gasteiger charge is -2.11. The van der Waals surface area contributed by atoms with E-state index in [9.17, 15) is 13.2 Å². The van der Waals surface area contributed by atoms with Gasteiger partial charge in [0.1, 0.15) is 29.7 Å². The van der Waals surface area contributed by atoms with Gasteiger partial charge in [-0.2, -0.15) is 0 Å². The van der Waals surface area contributed by atoms with E-state index >= 15 is 0 Å². The van der Waals surface area contributed by atoms with E-state index in [1.165, 1.54) is 19.2 Å².